The minimum Gasteiger partial charge on any atom is -0.504 e. The van der Waals surface area contributed by atoms with Crippen molar-refractivity contribution >= 4 is 6.08 Å². The number of ether oxygens (including phenoxy) is 1. The number of aromatic hydroxyl groups is 1. The Morgan fingerprint density at radius 3 is 2.52 bits per heavy atom. The third-order valence-electron chi connectivity index (χ3n) is 3.63. The summed E-state index contributed by atoms with van der Waals surface area (Å²) in [6.45, 7) is 6.32. The molecule has 0 aromatic heterocycles. The Morgan fingerprint density at radius 2 is 1.91 bits per heavy atom. The summed E-state index contributed by atoms with van der Waals surface area (Å²) in [4.78, 5) is 0. The molecule has 126 valence electrons. The summed E-state index contributed by atoms with van der Waals surface area (Å²) in [5.41, 5.74) is 4.52. The van der Waals surface area contributed by atoms with Gasteiger partial charge in [0.15, 0.2) is 11.5 Å². The molecule has 0 aliphatic heterocycles. The Morgan fingerprint density at radius 1 is 1.17 bits per heavy atom. The van der Waals surface area contributed by atoms with E-state index in [0.29, 0.717) is 12.2 Å². The number of phenols is 1. The normalized spacial score (nSPS) is 11.8. The minimum atomic E-state index is -0.0137. The van der Waals surface area contributed by atoms with Crippen LogP contribution >= 0.6 is 0 Å². The van der Waals surface area contributed by atoms with Crippen LogP contribution in [0.2, 0.25) is 0 Å². The highest BCUT2D eigenvalue weighted by molar-refractivity contribution is 5.62. The predicted octanol–water partition coefficient (Wildman–Crippen LogP) is 4.64. The molecule has 3 nitrogen and oxygen atoms in total. The molecule has 23 heavy (non-hydrogen) atoms. The molecule has 0 aliphatic rings. The van der Waals surface area contributed by atoms with Gasteiger partial charge in [-0.1, -0.05) is 41.5 Å². The van der Waals surface area contributed by atoms with Gasteiger partial charge in [0.25, 0.3) is 0 Å². The van der Waals surface area contributed by atoms with E-state index in [2.05, 4.69) is 32.9 Å². The summed E-state index contributed by atoms with van der Waals surface area (Å²) in [6.07, 6.45) is 10.7. The van der Waals surface area contributed by atoms with Crippen LogP contribution in [0.4, 0.5) is 0 Å². The molecular formula is C20H28O3. The van der Waals surface area contributed by atoms with Gasteiger partial charge in [-0.05, 0) is 51.7 Å². The molecule has 1 aromatic rings. The smallest absolute Gasteiger partial charge is 0.164 e. The third kappa shape index (κ3) is 6.33. The van der Waals surface area contributed by atoms with E-state index in [-0.39, 0.29) is 12.4 Å². The van der Waals surface area contributed by atoms with Gasteiger partial charge in [-0.25, -0.2) is 0 Å². The van der Waals surface area contributed by atoms with E-state index in [0.717, 1.165) is 24.0 Å². The first kappa shape index (κ1) is 19.0. The lowest BCUT2D eigenvalue weighted by Gasteiger charge is -2.12. The lowest BCUT2D eigenvalue weighted by molar-refractivity contribution is 0.343. The molecular weight excluding hydrogens is 288 g/mol. The second-order valence-electron chi connectivity index (χ2n) is 5.85. The quantitative estimate of drug-likeness (QED) is 0.687. The maximum absolute atomic E-state index is 9.98. The molecule has 0 aliphatic carbocycles. The summed E-state index contributed by atoms with van der Waals surface area (Å²) in [5, 5.41) is 19.0. The fraction of sp³-hybridized carbons (Fsp3) is 0.400. The molecule has 0 saturated carbocycles. The fourth-order valence-electron chi connectivity index (χ4n) is 2.37. The number of aliphatic hydroxyl groups excluding tert-OH is 1. The number of aliphatic hydroxyl groups is 1. The molecule has 2 N–H and O–H groups in total. The summed E-state index contributed by atoms with van der Waals surface area (Å²) < 4.78 is 5.36. The summed E-state index contributed by atoms with van der Waals surface area (Å²) >= 11 is 0. The first-order valence-corrected chi connectivity index (χ1v) is 7.94. The van der Waals surface area contributed by atoms with Crippen molar-refractivity contribution in [3.63, 3.8) is 0 Å². The van der Waals surface area contributed by atoms with Gasteiger partial charge in [-0.15, -0.1) is 0 Å². The largest absolute Gasteiger partial charge is 0.504 e. The number of allylic oxidation sites excluding steroid dienone is 4. The van der Waals surface area contributed by atoms with E-state index < -0.39 is 0 Å². The summed E-state index contributed by atoms with van der Waals surface area (Å²) in [5.74, 6) is 0.637. The van der Waals surface area contributed by atoms with Crippen molar-refractivity contribution in [1.29, 1.82) is 0 Å². The van der Waals surface area contributed by atoms with Crippen LogP contribution < -0.4 is 4.74 Å². The average molecular weight is 316 g/mol. The lowest BCUT2D eigenvalue weighted by Crippen LogP contribution is -1.96. The van der Waals surface area contributed by atoms with Crippen LogP contribution in [0.3, 0.4) is 0 Å². The van der Waals surface area contributed by atoms with E-state index in [4.69, 9.17) is 9.84 Å². The standard InChI is InChI=1S/C20H28O3/c1-15(2)7-5-8-16(3)10-12-18-17(9-6-14-21)11-13-19(22)20(18)23-4/h6-7,9-11,13,21-22H,5,8,12,14H2,1-4H3/b9-6+,16-10+. The Balaban J connectivity index is 2.98. The fourth-order valence-corrected chi connectivity index (χ4v) is 2.37. The van der Waals surface area contributed by atoms with Gasteiger partial charge in [-0.3, -0.25) is 0 Å². The van der Waals surface area contributed by atoms with Crippen molar-refractivity contribution in [2.45, 2.75) is 40.0 Å². The van der Waals surface area contributed by atoms with Crippen molar-refractivity contribution in [2.75, 3.05) is 13.7 Å². The highest BCUT2D eigenvalue weighted by Crippen LogP contribution is 2.34. The Bertz CT molecular complexity index is 591. The van der Waals surface area contributed by atoms with E-state index in [1.165, 1.54) is 11.1 Å². The van der Waals surface area contributed by atoms with Crippen LogP contribution in [-0.2, 0) is 6.42 Å². The van der Waals surface area contributed by atoms with Crippen molar-refractivity contribution < 1.29 is 14.9 Å². The van der Waals surface area contributed by atoms with E-state index in [1.807, 2.05) is 12.1 Å². The Kier molecular flexibility index (Phi) is 8.20. The molecule has 0 heterocycles. The molecule has 0 atom stereocenters. The van der Waals surface area contributed by atoms with Gasteiger partial charge in [0.1, 0.15) is 0 Å². The third-order valence-corrected chi connectivity index (χ3v) is 3.63. The number of hydrogen-bond acceptors (Lipinski definition) is 3. The molecule has 1 rings (SSSR count). The molecule has 1 aromatic carbocycles. The first-order valence-electron chi connectivity index (χ1n) is 7.94. The molecule has 0 radical (unpaired) electrons. The van der Waals surface area contributed by atoms with Crippen LogP contribution in [-0.4, -0.2) is 23.9 Å². The summed E-state index contributed by atoms with van der Waals surface area (Å²) in [7, 11) is 1.56. The SMILES string of the molecule is COc1c(O)ccc(/C=C/CO)c1C/C=C(\C)CCC=C(C)C. The first-order chi connectivity index (χ1) is 11.0. The zero-order valence-corrected chi connectivity index (χ0v) is 14.6. The molecule has 0 spiro atoms. The van der Waals surface area contributed by atoms with Gasteiger partial charge in [0.2, 0.25) is 0 Å². The minimum absolute atomic E-state index is 0.0137. The van der Waals surface area contributed by atoms with Gasteiger partial charge < -0.3 is 14.9 Å². The van der Waals surface area contributed by atoms with E-state index >= 15 is 0 Å². The molecule has 0 unspecified atom stereocenters. The van der Waals surface area contributed by atoms with Crippen molar-refractivity contribution in [3.05, 3.63) is 52.6 Å². The van der Waals surface area contributed by atoms with Crippen LogP contribution in [0, 0.1) is 0 Å². The highest BCUT2D eigenvalue weighted by atomic mass is 16.5. The van der Waals surface area contributed by atoms with Gasteiger partial charge >= 0.3 is 0 Å². The number of phenolic OH excluding ortho intramolecular Hbond substituents is 1. The van der Waals surface area contributed by atoms with Gasteiger partial charge in [-0.2, -0.15) is 0 Å². The predicted molar refractivity (Wildman–Crippen MR) is 96.9 cm³/mol. The van der Waals surface area contributed by atoms with Crippen LogP contribution in [0.5, 0.6) is 11.5 Å². The Hall–Kier alpha value is -2.00. The zero-order valence-electron chi connectivity index (χ0n) is 14.6. The van der Waals surface area contributed by atoms with Crippen LogP contribution in [0.1, 0.15) is 44.7 Å². The molecule has 0 bridgehead atoms. The molecule has 3 heteroatoms. The maximum atomic E-state index is 9.98. The van der Waals surface area contributed by atoms with Crippen molar-refractivity contribution in [3.8, 4) is 11.5 Å². The second kappa shape index (κ2) is 9.90. The summed E-state index contributed by atoms with van der Waals surface area (Å²) in [6, 6.07) is 3.45. The number of rotatable bonds is 8. The molecule has 0 saturated heterocycles. The number of benzene rings is 1. The maximum Gasteiger partial charge on any atom is 0.164 e. The molecule has 0 fully saturated rings. The lowest BCUT2D eigenvalue weighted by atomic mass is 9.99. The van der Waals surface area contributed by atoms with Crippen molar-refractivity contribution in [1.82, 2.24) is 0 Å². The highest BCUT2D eigenvalue weighted by Gasteiger charge is 2.11. The van der Waals surface area contributed by atoms with E-state index in [9.17, 15) is 5.11 Å². The zero-order chi connectivity index (χ0) is 17.2. The van der Waals surface area contributed by atoms with Gasteiger partial charge in [0, 0.05) is 5.56 Å². The van der Waals surface area contributed by atoms with Crippen LogP contribution in [0.15, 0.2) is 41.5 Å². The second-order valence-corrected chi connectivity index (χ2v) is 5.85. The topological polar surface area (TPSA) is 49.7 Å². The average Bonchev–Trinajstić information content (AvgIpc) is 2.51. The van der Waals surface area contributed by atoms with Gasteiger partial charge in [0.05, 0.1) is 13.7 Å². The van der Waals surface area contributed by atoms with E-state index in [1.54, 1.807) is 19.3 Å². The number of hydrogen-bond donors (Lipinski definition) is 2. The van der Waals surface area contributed by atoms with Crippen LogP contribution in [0.25, 0.3) is 6.08 Å². The van der Waals surface area contributed by atoms with Crippen molar-refractivity contribution in [2.24, 2.45) is 0 Å². The Labute approximate surface area is 139 Å². The molecule has 0 amide bonds. The monoisotopic (exact) mass is 316 g/mol. The number of methoxy groups -OCH3 is 1.